The molecule has 0 aromatic carbocycles. The van der Waals surface area contributed by atoms with Crippen molar-refractivity contribution in [1.29, 1.82) is 0 Å². The van der Waals surface area contributed by atoms with Crippen LogP contribution in [0.5, 0.6) is 0 Å². The minimum absolute atomic E-state index is 0.253. The van der Waals surface area contributed by atoms with E-state index in [4.69, 9.17) is 4.74 Å². The van der Waals surface area contributed by atoms with Crippen LogP contribution in [-0.2, 0) is 4.74 Å². The number of amides is 1. The van der Waals surface area contributed by atoms with Crippen LogP contribution >= 0.6 is 0 Å². The third-order valence-electron chi connectivity index (χ3n) is 2.48. The van der Waals surface area contributed by atoms with Gasteiger partial charge in [-0.3, -0.25) is 0 Å². The van der Waals surface area contributed by atoms with E-state index in [1.54, 1.807) is 0 Å². The molecule has 1 atom stereocenters. The first-order chi connectivity index (χ1) is 5.10. The van der Waals surface area contributed by atoms with Crippen molar-refractivity contribution in [2.24, 2.45) is 5.92 Å². The number of nitrogens with one attached hydrogen (secondary N) is 1. The highest BCUT2D eigenvalue weighted by Gasteiger charge is 2.41. The van der Waals surface area contributed by atoms with E-state index in [1.165, 1.54) is 0 Å². The molecule has 1 heterocycles. The van der Waals surface area contributed by atoms with Gasteiger partial charge in [0.05, 0.1) is 6.54 Å². The molecule has 1 aliphatic heterocycles. The van der Waals surface area contributed by atoms with Crippen LogP contribution in [0.15, 0.2) is 0 Å². The van der Waals surface area contributed by atoms with Gasteiger partial charge in [-0.25, -0.2) is 4.79 Å². The number of rotatable bonds is 2. The molecule has 1 N–H and O–H groups in total. The van der Waals surface area contributed by atoms with Gasteiger partial charge in [0.15, 0.2) is 0 Å². The smallest absolute Gasteiger partial charge is 0.407 e. The molecule has 0 bridgehead atoms. The van der Waals surface area contributed by atoms with Crippen LogP contribution in [0.4, 0.5) is 4.79 Å². The second kappa shape index (κ2) is 2.72. The summed E-state index contributed by atoms with van der Waals surface area (Å²) in [5.41, 5.74) is -0.253. The summed E-state index contributed by atoms with van der Waals surface area (Å²) in [5, 5.41) is 2.68. The maximum atomic E-state index is 10.8. The van der Waals surface area contributed by atoms with Crippen molar-refractivity contribution < 1.29 is 9.53 Å². The van der Waals surface area contributed by atoms with Crippen LogP contribution < -0.4 is 5.32 Å². The van der Waals surface area contributed by atoms with Crippen molar-refractivity contribution >= 4 is 6.09 Å². The van der Waals surface area contributed by atoms with E-state index < -0.39 is 0 Å². The predicted molar refractivity (Wildman–Crippen MR) is 42.3 cm³/mol. The molecule has 1 saturated heterocycles. The lowest BCUT2D eigenvalue weighted by molar-refractivity contribution is 0.0153. The molecular weight excluding hydrogens is 142 g/mol. The van der Waals surface area contributed by atoms with Crippen LogP contribution in [0.25, 0.3) is 0 Å². The minimum Gasteiger partial charge on any atom is -0.441 e. The summed E-state index contributed by atoms with van der Waals surface area (Å²) in [5.74, 6) is 0.381. The highest BCUT2D eigenvalue weighted by molar-refractivity contribution is 5.70. The Hall–Kier alpha value is -0.730. The SMILES string of the molecule is CC[C@]1(C(C)C)CNC(=O)O1. The Morgan fingerprint density at radius 1 is 1.73 bits per heavy atom. The average molecular weight is 157 g/mol. The highest BCUT2D eigenvalue weighted by atomic mass is 16.6. The van der Waals surface area contributed by atoms with Crippen molar-refractivity contribution in [1.82, 2.24) is 5.32 Å². The zero-order valence-electron chi connectivity index (χ0n) is 7.31. The lowest BCUT2D eigenvalue weighted by Crippen LogP contribution is -2.38. The first-order valence-corrected chi connectivity index (χ1v) is 4.07. The van der Waals surface area contributed by atoms with E-state index in [0.717, 1.165) is 6.42 Å². The van der Waals surface area contributed by atoms with Crippen LogP contribution in [0, 0.1) is 5.92 Å². The summed E-state index contributed by atoms with van der Waals surface area (Å²) >= 11 is 0. The Morgan fingerprint density at radius 2 is 2.36 bits per heavy atom. The fourth-order valence-electron chi connectivity index (χ4n) is 1.41. The number of carbonyl (C=O) groups excluding carboxylic acids is 1. The maximum Gasteiger partial charge on any atom is 0.407 e. The molecule has 0 spiro atoms. The monoisotopic (exact) mass is 157 g/mol. The van der Waals surface area contributed by atoms with E-state index in [9.17, 15) is 4.79 Å². The third-order valence-corrected chi connectivity index (χ3v) is 2.48. The average Bonchev–Trinajstić information content (AvgIpc) is 2.33. The summed E-state index contributed by atoms with van der Waals surface area (Å²) < 4.78 is 5.21. The Kier molecular flexibility index (Phi) is 2.07. The summed E-state index contributed by atoms with van der Waals surface area (Å²) in [6.07, 6.45) is 0.601. The number of cyclic esters (lactones) is 1. The Bertz CT molecular complexity index is 167. The maximum absolute atomic E-state index is 10.8. The van der Waals surface area contributed by atoms with Gasteiger partial charge >= 0.3 is 6.09 Å². The molecule has 1 rings (SSSR count). The molecule has 0 radical (unpaired) electrons. The summed E-state index contributed by atoms with van der Waals surface area (Å²) in [6.45, 7) is 6.84. The molecule has 0 aliphatic carbocycles. The summed E-state index contributed by atoms with van der Waals surface area (Å²) in [7, 11) is 0. The fraction of sp³-hybridized carbons (Fsp3) is 0.875. The van der Waals surface area contributed by atoms with E-state index >= 15 is 0 Å². The van der Waals surface area contributed by atoms with Gasteiger partial charge in [-0.1, -0.05) is 20.8 Å². The van der Waals surface area contributed by atoms with Crippen molar-refractivity contribution in [2.45, 2.75) is 32.8 Å². The molecule has 3 nitrogen and oxygen atoms in total. The molecule has 64 valence electrons. The molecule has 0 aromatic rings. The zero-order valence-corrected chi connectivity index (χ0v) is 7.31. The largest absolute Gasteiger partial charge is 0.441 e. The summed E-state index contributed by atoms with van der Waals surface area (Å²) in [4.78, 5) is 10.8. The van der Waals surface area contributed by atoms with Gasteiger partial charge in [0.2, 0.25) is 0 Å². The summed E-state index contributed by atoms with van der Waals surface area (Å²) in [6, 6.07) is 0. The standard InChI is InChI=1S/C8H15NO2/c1-4-8(6(2)3)5-9-7(10)11-8/h6H,4-5H2,1-3H3,(H,9,10)/t8-/m1/s1. The molecule has 0 unspecified atom stereocenters. The first kappa shape index (κ1) is 8.37. The van der Waals surface area contributed by atoms with Gasteiger partial charge in [0, 0.05) is 0 Å². The predicted octanol–water partition coefficient (Wildman–Crippen LogP) is 1.53. The fourth-order valence-corrected chi connectivity index (χ4v) is 1.41. The number of alkyl carbamates (subject to hydrolysis) is 1. The highest BCUT2D eigenvalue weighted by Crippen LogP contribution is 2.28. The molecule has 1 aliphatic rings. The molecule has 0 saturated carbocycles. The quantitative estimate of drug-likeness (QED) is 0.660. The van der Waals surface area contributed by atoms with E-state index in [1.807, 2.05) is 6.92 Å². The van der Waals surface area contributed by atoms with Crippen LogP contribution in [-0.4, -0.2) is 18.2 Å². The zero-order chi connectivity index (χ0) is 8.48. The number of ether oxygens (including phenoxy) is 1. The van der Waals surface area contributed by atoms with Crippen LogP contribution in [0.1, 0.15) is 27.2 Å². The lowest BCUT2D eigenvalue weighted by atomic mass is 9.88. The van der Waals surface area contributed by atoms with Gasteiger partial charge in [-0.15, -0.1) is 0 Å². The second-order valence-electron chi connectivity index (χ2n) is 3.32. The van der Waals surface area contributed by atoms with Crippen LogP contribution in [0.3, 0.4) is 0 Å². The molecule has 0 aromatic heterocycles. The first-order valence-electron chi connectivity index (χ1n) is 4.07. The number of hydrogen-bond donors (Lipinski definition) is 1. The van der Waals surface area contributed by atoms with Crippen molar-refractivity contribution in [3.05, 3.63) is 0 Å². The van der Waals surface area contributed by atoms with Crippen molar-refractivity contribution in [3.8, 4) is 0 Å². The molecule has 1 amide bonds. The van der Waals surface area contributed by atoms with E-state index in [2.05, 4.69) is 19.2 Å². The normalized spacial score (nSPS) is 30.4. The van der Waals surface area contributed by atoms with Gasteiger partial charge in [-0.2, -0.15) is 0 Å². The van der Waals surface area contributed by atoms with E-state index in [-0.39, 0.29) is 11.7 Å². The topological polar surface area (TPSA) is 38.3 Å². The third kappa shape index (κ3) is 1.32. The molecule has 3 heteroatoms. The van der Waals surface area contributed by atoms with Crippen molar-refractivity contribution in [2.75, 3.05) is 6.54 Å². The van der Waals surface area contributed by atoms with Gasteiger partial charge in [-0.05, 0) is 12.3 Å². The lowest BCUT2D eigenvalue weighted by Gasteiger charge is -2.28. The number of carbonyl (C=O) groups is 1. The molecular formula is C8H15NO2. The Morgan fingerprint density at radius 3 is 2.55 bits per heavy atom. The van der Waals surface area contributed by atoms with Gasteiger partial charge < -0.3 is 10.1 Å². The van der Waals surface area contributed by atoms with Crippen LogP contribution in [0.2, 0.25) is 0 Å². The minimum atomic E-state index is -0.277. The van der Waals surface area contributed by atoms with E-state index in [0.29, 0.717) is 12.5 Å². The van der Waals surface area contributed by atoms with Gasteiger partial charge in [0.25, 0.3) is 0 Å². The van der Waals surface area contributed by atoms with Crippen molar-refractivity contribution in [3.63, 3.8) is 0 Å². The second-order valence-corrected chi connectivity index (χ2v) is 3.32. The molecule has 1 fully saturated rings. The molecule has 11 heavy (non-hydrogen) atoms. The Labute approximate surface area is 67.1 Å². The Balaban J connectivity index is 2.70. The van der Waals surface area contributed by atoms with Gasteiger partial charge in [0.1, 0.15) is 5.60 Å². The number of hydrogen-bond acceptors (Lipinski definition) is 2.